The highest BCUT2D eigenvalue weighted by atomic mass is 32.2. The Bertz CT molecular complexity index is 878. The minimum Gasteiger partial charge on any atom is -0.341 e. The Kier molecular flexibility index (Phi) is 3.76. The van der Waals surface area contributed by atoms with Crippen LogP contribution in [0.4, 0.5) is 5.69 Å². The lowest BCUT2D eigenvalue weighted by Crippen LogP contribution is -2.54. The van der Waals surface area contributed by atoms with Crippen LogP contribution in [0, 0.1) is 0 Å². The monoisotopic (exact) mass is 341 g/mol. The molecule has 0 radical (unpaired) electrons. The van der Waals surface area contributed by atoms with E-state index < -0.39 is 10.0 Å². The summed E-state index contributed by atoms with van der Waals surface area (Å²) in [6.07, 6.45) is 1.69. The van der Waals surface area contributed by atoms with Gasteiger partial charge in [-0.05, 0) is 30.5 Å². The maximum Gasteiger partial charge on any atom is 0.268 e. The van der Waals surface area contributed by atoms with E-state index in [-0.39, 0.29) is 0 Å². The second-order valence-electron chi connectivity index (χ2n) is 6.03. The fourth-order valence-corrected chi connectivity index (χ4v) is 4.84. The van der Waals surface area contributed by atoms with E-state index in [1.54, 1.807) is 18.2 Å². The molecular formula is C18H19N3O2S. The molecule has 0 saturated carbocycles. The number of aliphatic imine (C=N–C) groups is 1. The van der Waals surface area contributed by atoms with Crippen LogP contribution in [0.1, 0.15) is 12.0 Å². The van der Waals surface area contributed by atoms with Crippen molar-refractivity contribution in [2.24, 2.45) is 4.99 Å². The van der Waals surface area contributed by atoms with Crippen LogP contribution in [0.15, 0.2) is 64.5 Å². The minimum atomic E-state index is -3.50. The van der Waals surface area contributed by atoms with Crippen molar-refractivity contribution in [3.63, 3.8) is 0 Å². The topological polar surface area (TPSA) is 53.0 Å². The summed E-state index contributed by atoms with van der Waals surface area (Å²) in [5.74, 6) is 0.566. The predicted octanol–water partition coefficient (Wildman–Crippen LogP) is 2.63. The third-order valence-electron chi connectivity index (χ3n) is 4.46. The van der Waals surface area contributed by atoms with Crippen LogP contribution in [0.2, 0.25) is 0 Å². The van der Waals surface area contributed by atoms with Crippen LogP contribution in [0.25, 0.3) is 0 Å². The van der Waals surface area contributed by atoms with Crippen molar-refractivity contribution in [1.82, 2.24) is 9.21 Å². The SMILES string of the molecule is O=S1(=O)c2ccccc2N=C2N(CCc3ccccc3)CCCN21. The summed E-state index contributed by atoms with van der Waals surface area (Å²) in [7, 11) is -3.50. The van der Waals surface area contributed by atoms with E-state index in [2.05, 4.69) is 22.0 Å². The van der Waals surface area contributed by atoms with E-state index >= 15 is 0 Å². The number of benzene rings is 2. The van der Waals surface area contributed by atoms with Gasteiger partial charge in [0.2, 0.25) is 5.96 Å². The van der Waals surface area contributed by atoms with Gasteiger partial charge in [0.15, 0.2) is 0 Å². The summed E-state index contributed by atoms with van der Waals surface area (Å²) < 4.78 is 27.2. The Morgan fingerprint density at radius 1 is 0.958 bits per heavy atom. The molecule has 5 nitrogen and oxygen atoms in total. The second-order valence-corrected chi connectivity index (χ2v) is 7.86. The molecule has 4 rings (SSSR count). The average molecular weight is 341 g/mol. The molecule has 6 heteroatoms. The maximum absolute atomic E-state index is 12.9. The van der Waals surface area contributed by atoms with Gasteiger partial charge in [0.25, 0.3) is 10.0 Å². The largest absolute Gasteiger partial charge is 0.341 e. The van der Waals surface area contributed by atoms with Crippen LogP contribution in [-0.4, -0.2) is 43.2 Å². The van der Waals surface area contributed by atoms with Gasteiger partial charge in [-0.25, -0.2) is 17.7 Å². The number of guanidine groups is 1. The smallest absolute Gasteiger partial charge is 0.268 e. The Morgan fingerprint density at radius 2 is 1.71 bits per heavy atom. The van der Waals surface area contributed by atoms with E-state index in [9.17, 15) is 8.42 Å². The van der Waals surface area contributed by atoms with Crippen molar-refractivity contribution in [3.05, 3.63) is 60.2 Å². The van der Waals surface area contributed by atoms with Crippen LogP contribution >= 0.6 is 0 Å². The van der Waals surface area contributed by atoms with E-state index in [4.69, 9.17) is 0 Å². The van der Waals surface area contributed by atoms with Gasteiger partial charge in [-0.3, -0.25) is 0 Å². The van der Waals surface area contributed by atoms with Gasteiger partial charge in [0, 0.05) is 19.6 Å². The Labute approximate surface area is 142 Å². The molecule has 0 unspecified atom stereocenters. The number of nitrogens with zero attached hydrogens (tertiary/aromatic N) is 3. The quantitative estimate of drug-likeness (QED) is 0.862. The Balaban J connectivity index is 1.65. The first-order valence-electron chi connectivity index (χ1n) is 8.15. The van der Waals surface area contributed by atoms with Gasteiger partial charge in [-0.1, -0.05) is 42.5 Å². The molecule has 0 N–H and O–H groups in total. The first kappa shape index (κ1) is 15.2. The van der Waals surface area contributed by atoms with Crippen molar-refractivity contribution in [1.29, 1.82) is 0 Å². The highest BCUT2D eigenvalue weighted by molar-refractivity contribution is 7.90. The number of fused-ring (bicyclic) bond motifs is 2. The highest BCUT2D eigenvalue weighted by Gasteiger charge is 2.38. The minimum absolute atomic E-state index is 0.304. The molecule has 124 valence electrons. The number of hydrogen-bond donors (Lipinski definition) is 0. The van der Waals surface area contributed by atoms with Gasteiger partial charge >= 0.3 is 0 Å². The van der Waals surface area contributed by atoms with Crippen molar-refractivity contribution in [3.8, 4) is 0 Å². The van der Waals surface area contributed by atoms with Gasteiger partial charge in [0.05, 0.1) is 5.69 Å². The number of hydrogen-bond acceptors (Lipinski definition) is 4. The average Bonchev–Trinajstić information content (AvgIpc) is 2.61. The van der Waals surface area contributed by atoms with Gasteiger partial charge < -0.3 is 4.90 Å². The zero-order chi connectivity index (χ0) is 16.6. The molecule has 0 spiro atoms. The molecular weight excluding hydrogens is 322 g/mol. The fourth-order valence-electron chi connectivity index (χ4n) is 3.23. The molecule has 0 aliphatic carbocycles. The van der Waals surface area contributed by atoms with Crippen molar-refractivity contribution in [2.75, 3.05) is 19.6 Å². The van der Waals surface area contributed by atoms with Crippen LogP contribution in [0.5, 0.6) is 0 Å². The van der Waals surface area contributed by atoms with E-state index in [0.717, 1.165) is 25.9 Å². The van der Waals surface area contributed by atoms with Crippen molar-refractivity contribution < 1.29 is 8.42 Å². The summed E-state index contributed by atoms with van der Waals surface area (Å²) in [4.78, 5) is 7.04. The molecule has 2 aliphatic rings. The lowest BCUT2D eigenvalue weighted by atomic mass is 10.1. The maximum atomic E-state index is 12.9. The molecule has 0 atom stereocenters. The summed E-state index contributed by atoms with van der Waals surface area (Å²) >= 11 is 0. The fraction of sp³-hybridized carbons (Fsp3) is 0.278. The lowest BCUT2D eigenvalue weighted by molar-refractivity contribution is 0.316. The molecule has 1 fully saturated rings. The molecule has 24 heavy (non-hydrogen) atoms. The third-order valence-corrected chi connectivity index (χ3v) is 6.29. The molecule has 2 aromatic carbocycles. The summed E-state index contributed by atoms with van der Waals surface area (Å²) in [5, 5.41) is 0. The van der Waals surface area contributed by atoms with Crippen LogP contribution < -0.4 is 0 Å². The van der Waals surface area contributed by atoms with Crippen LogP contribution in [0.3, 0.4) is 0 Å². The first-order valence-corrected chi connectivity index (χ1v) is 9.59. The lowest BCUT2D eigenvalue weighted by Gasteiger charge is -2.40. The molecule has 0 amide bonds. The standard InChI is InChI=1S/C18H19N3O2S/c22-24(23)17-10-5-4-9-16(17)19-18-20(12-6-13-21(18)24)14-11-15-7-2-1-3-8-15/h1-5,7-10H,6,11-14H2. The Hall–Kier alpha value is -2.34. The van der Waals surface area contributed by atoms with Gasteiger partial charge in [0.1, 0.15) is 4.90 Å². The normalized spacial score (nSPS) is 18.6. The Morgan fingerprint density at radius 3 is 2.54 bits per heavy atom. The molecule has 2 aliphatic heterocycles. The molecule has 0 aromatic heterocycles. The summed E-state index contributed by atoms with van der Waals surface area (Å²) in [6.45, 7) is 2.09. The number of rotatable bonds is 3. The molecule has 1 saturated heterocycles. The van der Waals surface area contributed by atoms with Gasteiger partial charge in [-0.15, -0.1) is 0 Å². The first-order chi connectivity index (χ1) is 11.7. The van der Waals surface area contributed by atoms with Crippen LogP contribution in [-0.2, 0) is 16.4 Å². The third kappa shape index (κ3) is 2.57. The zero-order valence-corrected chi connectivity index (χ0v) is 14.1. The highest BCUT2D eigenvalue weighted by Crippen LogP contribution is 2.34. The van der Waals surface area contributed by atoms with Gasteiger partial charge in [-0.2, -0.15) is 0 Å². The van der Waals surface area contributed by atoms with E-state index in [1.807, 2.05) is 24.3 Å². The van der Waals surface area contributed by atoms with E-state index in [0.29, 0.717) is 23.1 Å². The molecule has 2 heterocycles. The molecule has 2 aromatic rings. The number of sulfonamides is 1. The predicted molar refractivity (Wildman–Crippen MR) is 93.8 cm³/mol. The summed E-state index contributed by atoms with van der Waals surface area (Å²) in [6, 6.07) is 17.2. The zero-order valence-electron chi connectivity index (χ0n) is 13.3. The summed E-state index contributed by atoms with van der Waals surface area (Å²) in [5.41, 5.74) is 1.78. The van der Waals surface area contributed by atoms with Crippen molar-refractivity contribution >= 4 is 21.7 Å². The van der Waals surface area contributed by atoms with E-state index in [1.165, 1.54) is 9.87 Å². The second kappa shape index (κ2) is 5.94. The van der Waals surface area contributed by atoms with Crippen molar-refractivity contribution in [2.45, 2.75) is 17.7 Å². The number of para-hydroxylation sites is 1. The molecule has 0 bridgehead atoms.